The Bertz CT molecular complexity index is 821. The van der Waals surface area contributed by atoms with Crippen molar-refractivity contribution in [1.29, 1.82) is 0 Å². The third-order valence-corrected chi connectivity index (χ3v) is 8.81. The summed E-state index contributed by atoms with van der Waals surface area (Å²) in [5.74, 6) is 2.45. The zero-order valence-corrected chi connectivity index (χ0v) is 29.6. The zero-order valence-electron chi connectivity index (χ0n) is 29.6. The fourth-order valence-electron chi connectivity index (χ4n) is 5.46. The third-order valence-electron chi connectivity index (χ3n) is 8.81. The standard InChI is InChI=1S/C40H72O2/c1-11-39(9,41)30-16-27-36(6)24-14-22-35(5)23-15-26-38(8)29-18-32-40(10,42)31-17-28-37(7)25-13-21-34(4)20-12-19-33(2)3/h11,18,22,26-27,32-34,37,41-42H,1,12-17,19-21,23-25,28-31H2,2-10H3. The summed E-state index contributed by atoms with van der Waals surface area (Å²) in [6.45, 7) is 23.5. The molecular weight excluding hydrogens is 512 g/mol. The predicted molar refractivity (Wildman–Crippen MR) is 189 cm³/mol. The molecule has 0 rings (SSSR count). The second-order valence-electron chi connectivity index (χ2n) is 14.7. The van der Waals surface area contributed by atoms with Crippen LogP contribution in [-0.4, -0.2) is 21.4 Å². The lowest BCUT2D eigenvalue weighted by Gasteiger charge is -2.20. The summed E-state index contributed by atoms with van der Waals surface area (Å²) >= 11 is 0. The van der Waals surface area contributed by atoms with E-state index in [1.165, 1.54) is 61.7 Å². The number of allylic oxidation sites excluding steroid dienone is 7. The molecule has 0 spiro atoms. The van der Waals surface area contributed by atoms with Gasteiger partial charge in [-0.3, -0.25) is 0 Å². The van der Waals surface area contributed by atoms with Gasteiger partial charge in [-0.15, -0.1) is 6.58 Å². The van der Waals surface area contributed by atoms with Gasteiger partial charge in [-0.05, 0) is 104 Å². The lowest BCUT2D eigenvalue weighted by atomic mass is 9.90. The summed E-state index contributed by atoms with van der Waals surface area (Å²) in [6, 6.07) is 0. The quantitative estimate of drug-likeness (QED) is 0.105. The minimum absolute atomic E-state index is 0.708. The Hall–Kier alpha value is -1.38. The Balaban J connectivity index is 4.17. The molecule has 0 aromatic rings. The lowest BCUT2D eigenvalue weighted by molar-refractivity contribution is 0.0967. The van der Waals surface area contributed by atoms with Gasteiger partial charge in [-0.2, -0.15) is 0 Å². The third kappa shape index (κ3) is 25.1. The van der Waals surface area contributed by atoms with Gasteiger partial charge in [0.25, 0.3) is 0 Å². The van der Waals surface area contributed by atoms with Gasteiger partial charge in [0.15, 0.2) is 0 Å². The molecule has 0 heterocycles. The fraction of sp³-hybridized carbons (Fsp3) is 0.750. The van der Waals surface area contributed by atoms with E-state index >= 15 is 0 Å². The van der Waals surface area contributed by atoms with Crippen LogP contribution in [-0.2, 0) is 0 Å². The molecule has 0 aliphatic rings. The molecule has 244 valence electrons. The molecule has 0 aromatic heterocycles. The first-order valence-electron chi connectivity index (χ1n) is 17.4. The first-order chi connectivity index (χ1) is 19.7. The maximum atomic E-state index is 10.8. The van der Waals surface area contributed by atoms with Gasteiger partial charge in [0.1, 0.15) is 0 Å². The highest BCUT2D eigenvalue weighted by atomic mass is 16.3. The Morgan fingerprint density at radius 3 is 1.64 bits per heavy atom. The van der Waals surface area contributed by atoms with Crippen LogP contribution in [0.15, 0.2) is 59.8 Å². The van der Waals surface area contributed by atoms with Crippen molar-refractivity contribution >= 4 is 0 Å². The second-order valence-corrected chi connectivity index (χ2v) is 14.7. The first kappa shape index (κ1) is 40.6. The number of aliphatic hydroxyl groups is 2. The van der Waals surface area contributed by atoms with Gasteiger partial charge in [0, 0.05) is 0 Å². The van der Waals surface area contributed by atoms with Crippen molar-refractivity contribution in [1.82, 2.24) is 0 Å². The molecule has 42 heavy (non-hydrogen) atoms. The van der Waals surface area contributed by atoms with E-state index in [4.69, 9.17) is 0 Å². The van der Waals surface area contributed by atoms with Gasteiger partial charge < -0.3 is 10.2 Å². The maximum Gasteiger partial charge on any atom is 0.0800 e. The first-order valence-corrected chi connectivity index (χ1v) is 17.4. The average Bonchev–Trinajstić information content (AvgIpc) is 2.88. The van der Waals surface area contributed by atoms with Crippen molar-refractivity contribution in [2.75, 3.05) is 0 Å². The van der Waals surface area contributed by atoms with Crippen molar-refractivity contribution in [3.63, 3.8) is 0 Å². The molecule has 0 aromatic carbocycles. The van der Waals surface area contributed by atoms with Gasteiger partial charge in [-0.25, -0.2) is 0 Å². The molecule has 0 saturated heterocycles. The predicted octanol–water partition coefficient (Wildman–Crippen LogP) is 12.2. The fourth-order valence-corrected chi connectivity index (χ4v) is 5.46. The SMILES string of the molecule is C=CC(C)(O)CCC=C(C)CCC=C(C)CCC=C(C)CC=CC(C)(O)CCCC(C)CCCC(C)CCCC(C)C. The molecule has 0 saturated carbocycles. The zero-order chi connectivity index (χ0) is 32.0. The molecule has 0 aliphatic carbocycles. The summed E-state index contributed by atoms with van der Waals surface area (Å²) in [5, 5.41) is 20.9. The Kier molecular flexibility index (Phi) is 22.3. The van der Waals surface area contributed by atoms with Crippen molar-refractivity contribution in [2.24, 2.45) is 17.8 Å². The van der Waals surface area contributed by atoms with Crippen LogP contribution in [0.3, 0.4) is 0 Å². The topological polar surface area (TPSA) is 40.5 Å². The molecule has 4 atom stereocenters. The molecular formula is C40H72O2. The van der Waals surface area contributed by atoms with E-state index in [1.54, 1.807) is 6.08 Å². The van der Waals surface area contributed by atoms with Crippen LogP contribution in [0.25, 0.3) is 0 Å². The summed E-state index contributed by atoms with van der Waals surface area (Å²) in [7, 11) is 0. The maximum absolute atomic E-state index is 10.8. The number of hydrogen-bond acceptors (Lipinski definition) is 2. The number of hydrogen-bond donors (Lipinski definition) is 2. The van der Waals surface area contributed by atoms with Crippen molar-refractivity contribution in [3.05, 3.63) is 59.8 Å². The Morgan fingerprint density at radius 2 is 1.12 bits per heavy atom. The van der Waals surface area contributed by atoms with Crippen molar-refractivity contribution in [3.8, 4) is 0 Å². The smallest absolute Gasteiger partial charge is 0.0800 e. The minimum Gasteiger partial charge on any atom is -0.386 e. The second kappa shape index (κ2) is 23.1. The van der Waals surface area contributed by atoms with E-state index < -0.39 is 11.2 Å². The average molecular weight is 585 g/mol. The lowest BCUT2D eigenvalue weighted by Crippen LogP contribution is -2.20. The molecule has 0 aliphatic heterocycles. The normalized spacial score (nSPS) is 17.9. The van der Waals surface area contributed by atoms with E-state index in [9.17, 15) is 10.2 Å². The van der Waals surface area contributed by atoms with E-state index in [-0.39, 0.29) is 0 Å². The molecule has 4 unspecified atom stereocenters. The van der Waals surface area contributed by atoms with E-state index in [1.807, 2.05) is 19.9 Å². The van der Waals surface area contributed by atoms with Crippen LogP contribution in [0.2, 0.25) is 0 Å². The van der Waals surface area contributed by atoms with Crippen LogP contribution >= 0.6 is 0 Å². The van der Waals surface area contributed by atoms with E-state index in [2.05, 4.69) is 79.3 Å². The molecule has 0 amide bonds. The summed E-state index contributed by atoms with van der Waals surface area (Å²) in [5.41, 5.74) is 2.73. The molecule has 0 fully saturated rings. The largest absolute Gasteiger partial charge is 0.386 e. The molecule has 2 nitrogen and oxygen atoms in total. The molecule has 0 bridgehead atoms. The van der Waals surface area contributed by atoms with Gasteiger partial charge >= 0.3 is 0 Å². The van der Waals surface area contributed by atoms with E-state index in [0.29, 0.717) is 0 Å². The van der Waals surface area contributed by atoms with Crippen molar-refractivity contribution < 1.29 is 10.2 Å². The Labute approximate surface area is 263 Å². The molecule has 2 heteroatoms. The highest BCUT2D eigenvalue weighted by Crippen LogP contribution is 2.24. The summed E-state index contributed by atoms with van der Waals surface area (Å²) < 4.78 is 0. The van der Waals surface area contributed by atoms with Gasteiger partial charge in [0.2, 0.25) is 0 Å². The van der Waals surface area contributed by atoms with Crippen molar-refractivity contribution in [2.45, 2.75) is 176 Å². The van der Waals surface area contributed by atoms with Crippen LogP contribution in [0.4, 0.5) is 0 Å². The molecule has 0 radical (unpaired) electrons. The molecule has 2 N–H and O–H groups in total. The summed E-state index contributed by atoms with van der Waals surface area (Å²) in [6.07, 6.45) is 30.9. The monoisotopic (exact) mass is 585 g/mol. The van der Waals surface area contributed by atoms with Crippen LogP contribution in [0, 0.1) is 17.8 Å². The highest BCUT2D eigenvalue weighted by Gasteiger charge is 2.16. The summed E-state index contributed by atoms with van der Waals surface area (Å²) in [4.78, 5) is 0. The van der Waals surface area contributed by atoms with Crippen LogP contribution < -0.4 is 0 Å². The van der Waals surface area contributed by atoms with Crippen LogP contribution in [0.1, 0.15) is 165 Å². The highest BCUT2D eigenvalue weighted by molar-refractivity contribution is 5.10. The van der Waals surface area contributed by atoms with Gasteiger partial charge in [0.05, 0.1) is 11.2 Å². The van der Waals surface area contributed by atoms with E-state index in [0.717, 1.165) is 75.5 Å². The van der Waals surface area contributed by atoms with Gasteiger partial charge in [-0.1, -0.05) is 132 Å². The Morgan fingerprint density at radius 1 is 0.643 bits per heavy atom. The van der Waals surface area contributed by atoms with Crippen LogP contribution in [0.5, 0.6) is 0 Å². The number of rotatable bonds is 25. The minimum atomic E-state index is -0.768.